The first-order valence-electron chi connectivity index (χ1n) is 8.62. The van der Waals surface area contributed by atoms with E-state index in [4.69, 9.17) is 4.98 Å². The average molecular weight is 374 g/mol. The molecule has 134 valence electrons. The summed E-state index contributed by atoms with van der Waals surface area (Å²) in [7, 11) is 0. The third-order valence-corrected chi connectivity index (χ3v) is 5.56. The zero-order valence-electron chi connectivity index (χ0n) is 15.1. The summed E-state index contributed by atoms with van der Waals surface area (Å²) in [4.78, 5) is 27.8. The highest BCUT2D eigenvalue weighted by Crippen LogP contribution is 2.33. The first kappa shape index (κ1) is 17.3. The summed E-state index contributed by atoms with van der Waals surface area (Å²) in [6.07, 6.45) is 4.57. The van der Waals surface area contributed by atoms with Gasteiger partial charge in [-0.1, -0.05) is 47.7 Å². The van der Waals surface area contributed by atoms with E-state index in [1.807, 2.05) is 30.3 Å². The van der Waals surface area contributed by atoms with Gasteiger partial charge in [-0.15, -0.1) is 0 Å². The van der Waals surface area contributed by atoms with Gasteiger partial charge in [0.1, 0.15) is 5.69 Å². The number of aryl methyl sites for hydroxylation is 2. The lowest BCUT2D eigenvalue weighted by atomic mass is 10.1. The van der Waals surface area contributed by atoms with Gasteiger partial charge < -0.3 is 0 Å². The lowest BCUT2D eigenvalue weighted by Gasteiger charge is -2.19. The van der Waals surface area contributed by atoms with Gasteiger partial charge in [-0.05, 0) is 36.6 Å². The molecule has 0 aliphatic carbocycles. The van der Waals surface area contributed by atoms with Crippen LogP contribution in [0.3, 0.4) is 0 Å². The number of rotatable bonds is 4. The van der Waals surface area contributed by atoms with Gasteiger partial charge >= 0.3 is 0 Å². The number of hydrogen-bond donors (Lipinski definition) is 0. The largest absolute Gasteiger partial charge is 0.280 e. The van der Waals surface area contributed by atoms with Crippen molar-refractivity contribution in [2.45, 2.75) is 20.4 Å². The van der Waals surface area contributed by atoms with E-state index in [1.165, 1.54) is 29.3 Å². The van der Waals surface area contributed by atoms with Crippen LogP contribution in [0, 0.1) is 13.8 Å². The minimum Gasteiger partial charge on any atom is -0.278 e. The Morgan fingerprint density at radius 2 is 1.89 bits per heavy atom. The van der Waals surface area contributed by atoms with Crippen LogP contribution < -0.4 is 4.90 Å². The van der Waals surface area contributed by atoms with Crippen LogP contribution in [0.15, 0.2) is 61.1 Å². The molecule has 0 saturated carbocycles. The number of amides is 1. The molecule has 0 fully saturated rings. The Morgan fingerprint density at radius 1 is 1.07 bits per heavy atom. The van der Waals surface area contributed by atoms with Gasteiger partial charge in [0.2, 0.25) is 0 Å². The Balaban J connectivity index is 1.80. The SMILES string of the molecule is Cc1ccc2sc(N(Cc3ccccc3)C(=O)c3cnccn3)nc2c1C. The highest BCUT2D eigenvalue weighted by molar-refractivity contribution is 7.22. The molecule has 0 bridgehead atoms. The minimum absolute atomic E-state index is 0.208. The van der Waals surface area contributed by atoms with E-state index in [0.29, 0.717) is 17.4 Å². The average Bonchev–Trinajstić information content (AvgIpc) is 3.15. The van der Waals surface area contributed by atoms with Crippen LogP contribution in [0.2, 0.25) is 0 Å². The smallest absolute Gasteiger partial charge is 0.278 e. The third-order valence-electron chi connectivity index (χ3n) is 4.52. The fourth-order valence-corrected chi connectivity index (χ4v) is 3.89. The van der Waals surface area contributed by atoms with Crippen molar-refractivity contribution in [1.82, 2.24) is 15.0 Å². The zero-order valence-corrected chi connectivity index (χ0v) is 15.9. The molecule has 27 heavy (non-hydrogen) atoms. The number of carbonyl (C=O) groups excluding carboxylic acids is 1. The molecule has 0 radical (unpaired) electrons. The minimum atomic E-state index is -0.208. The molecule has 4 aromatic rings. The monoisotopic (exact) mass is 374 g/mol. The summed E-state index contributed by atoms with van der Waals surface area (Å²) < 4.78 is 1.07. The molecule has 4 rings (SSSR count). The normalized spacial score (nSPS) is 10.9. The quantitative estimate of drug-likeness (QED) is 0.526. The number of anilines is 1. The molecule has 6 heteroatoms. The molecular formula is C21H18N4OS. The summed E-state index contributed by atoms with van der Waals surface area (Å²) in [5, 5.41) is 0.665. The summed E-state index contributed by atoms with van der Waals surface area (Å²) in [6.45, 7) is 4.56. The van der Waals surface area contributed by atoms with Crippen LogP contribution in [0.1, 0.15) is 27.2 Å². The fourth-order valence-electron chi connectivity index (χ4n) is 2.87. The van der Waals surface area contributed by atoms with Crippen molar-refractivity contribution in [2.24, 2.45) is 0 Å². The van der Waals surface area contributed by atoms with Crippen molar-refractivity contribution in [2.75, 3.05) is 4.90 Å². The molecule has 0 saturated heterocycles. The second-order valence-corrected chi connectivity index (χ2v) is 7.33. The van der Waals surface area contributed by atoms with Crippen LogP contribution in [-0.2, 0) is 6.54 Å². The maximum Gasteiger partial charge on any atom is 0.280 e. The number of benzene rings is 2. The molecule has 0 aliphatic heterocycles. The van der Waals surface area contributed by atoms with Crippen molar-refractivity contribution in [3.8, 4) is 0 Å². The Bertz CT molecular complexity index is 1090. The number of fused-ring (bicyclic) bond motifs is 1. The van der Waals surface area contributed by atoms with Crippen molar-refractivity contribution in [3.05, 3.63) is 83.4 Å². The van der Waals surface area contributed by atoms with E-state index >= 15 is 0 Å². The Hall–Kier alpha value is -3.12. The molecule has 1 amide bonds. The first-order chi connectivity index (χ1) is 13.1. The van der Waals surface area contributed by atoms with Crippen LogP contribution in [0.25, 0.3) is 10.2 Å². The predicted molar refractivity (Wildman–Crippen MR) is 108 cm³/mol. The number of hydrogen-bond acceptors (Lipinski definition) is 5. The second kappa shape index (κ2) is 7.25. The zero-order chi connectivity index (χ0) is 18.8. The molecule has 2 aromatic heterocycles. The second-order valence-electron chi connectivity index (χ2n) is 6.32. The van der Waals surface area contributed by atoms with E-state index in [2.05, 4.69) is 35.9 Å². The molecule has 0 N–H and O–H groups in total. The van der Waals surface area contributed by atoms with Gasteiger partial charge in [-0.2, -0.15) is 0 Å². The van der Waals surface area contributed by atoms with E-state index in [1.54, 1.807) is 11.1 Å². The lowest BCUT2D eigenvalue weighted by molar-refractivity contribution is 0.0980. The van der Waals surface area contributed by atoms with Crippen LogP contribution in [0.5, 0.6) is 0 Å². The van der Waals surface area contributed by atoms with Crippen molar-refractivity contribution in [3.63, 3.8) is 0 Å². The van der Waals surface area contributed by atoms with Crippen LogP contribution in [-0.4, -0.2) is 20.9 Å². The Kier molecular flexibility index (Phi) is 4.64. The molecular weight excluding hydrogens is 356 g/mol. The Labute approximate surface area is 161 Å². The first-order valence-corrected chi connectivity index (χ1v) is 9.43. The van der Waals surface area contributed by atoms with Crippen LogP contribution in [0.4, 0.5) is 5.13 Å². The maximum absolute atomic E-state index is 13.2. The van der Waals surface area contributed by atoms with E-state index < -0.39 is 0 Å². The van der Waals surface area contributed by atoms with Crippen molar-refractivity contribution >= 4 is 32.6 Å². The van der Waals surface area contributed by atoms with Gasteiger partial charge in [-0.25, -0.2) is 9.97 Å². The van der Waals surface area contributed by atoms with Crippen LogP contribution >= 0.6 is 11.3 Å². The number of aromatic nitrogens is 3. The molecule has 0 atom stereocenters. The van der Waals surface area contributed by atoms with Crippen molar-refractivity contribution < 1.29 is 4.79 Å². The fraction of sp³-hybridized carbons (Fsp3) is 0.143. The van der Waals surface area contributed by atoms with E-state index in [-0.39, 0.29) is 5.91 Å². The Morgan fingerprint density at radius 3 is 2.63 bits per heavy atom. The number of thiazole rings is 1. The lowest BCUT2D eigenvalue weighted by Crippen LogP contribution is -2.31. The molecule has 0 spiro atoms. The van der Waals surface area contributed by atoms with Gasteiger partial charge in [0.25, 0.3) is 5.91 Å². The summed E-state index contributed by atoms with van der Waals surface area (Å²) in [5.74, 6) is -0.208. The highest BCUT2D eigenvalue weighted by Gasteiger charge is 2.23. The topological polar surface area (TPSA) is 59.0 Å². The number of carbonyl (C=O) groups is 1. The van der Waals surface area contributed by atoms with Gasteiger partial charge in [0, 0.05) is 12.4 Å². The van der Waals surface area contributed by atoms with E-state index in [0.717, 1.165) is 21.3 Å². The molecule has 2 aromatic carbocycles. The maximum atomic E-state index is 13.2. The number of nitrogens with zero attached hydrogens (tertiary/aromatic N) is 4. The molecule has 0 unspecified atom stereocenters. The third kappa shape index (κ3) is 3.44. The standard InChI is InChI=1S/C21H18N4OS/c1-14-8-9-18-19(15(14)2)24-21(27-18)25(13-16-6-4-3-5-7-16)20(26)17-12-22-10-11-23-17/h3-12H,13H2,1-2H3. The summed E-state index contributed by atoms with van der Waals surface area (Å²) >= 11 is 1.52. The van der Waals surface area contributed by atoms with Gasteiger partial charge in [-0.3, -0.25) is 14.7 Å². The van der Waals surface area contributed by atoms with Gasteiger partial charge in [0.15, 0.2) is 5.13 Å². The molecule has 2 heterocycles. The highest BCUT2D eigenvalue weighted by atomic mass is 32.1. The predicted octanol–water partition coefficient (Wildman–Crippen LogP) is 4.55. The molecule has 5 nitrogen and oxygen atoms in total. The van der Waals surface area contributed by atoms with Crippen molar-refractivity contribution in [1.29, 1.82) is 0 Å². The van der Waals surface area contributed by atoms with E-state index in [9.17, 15) is 4.79 Å². The summed E-state index contributed by atoms with van der Waals surface area (Å²) in [6, 6.07) is 14.0. The van der Waals surface area contributed by atoms with Gasteiger partial charge in [0.05, 0.1) is 23.0 Å². The summed E-state index contributed by atoms with van der Waals surface area (Å²) in [5.41, 5.74) is 4.61. The molecule has 0 aliphatic rings.